The molecule has 1 aliphatic heterocycles. The van der Waals surface area contributed by atoms with Crippen molar-refractivity contribution >= 4 is 33.2 Å². The van der Waals surface area contributed by atoms with E-state index in [2.05, 4.69) is 216 Å². The van der Waals surface area contributed by atoms with E-state index in [0.29, 0.717) is 17.4 Å². The van der Waals surface area contributed by atoms with E-state index in [-0.39, 0.29) is 31.9 Å². The third-order valence-electron chi connectivity index (χ3n) is 11.5. The third-order valence-corrected chi connectivity index (χ3v) is 11.5. The fraction of sp³-hybridized carbons (Fsp3) is 0.200. The second-order valence-electron chi connectivity index (χ2n) is 18.1. The fourth-order valence-corrected chi connectivity index (χ4v) is 8.31. The summed E-state index contributed by atoms with van der Waals surface area (Å²) in [6.07, 6.45) is 6.10. The van der Waals surface area contributed by atoms with E-state index in [9.17, 15) is 0 Å². The van der Waals surface area contributed by atoms with Gasteiger partial charge in [0.1, 0.15) is 5.82 Å². The zero-order valence-corrected chi connectivity index (χ0v) is 38.4. The summed E-state index contributed by atoms with van der Waals surface area (Å²) in [5.74, 6) is 2.39. The summed E-state index contributed by atoms with van der Waals surface area (Å²) in [7, 11) is 0. The number of anilines is 2. The Balaban J connectivity index is 0.00000514. The molecule has 0 unspecified atom stereocenters. The van der Waals surface area contributed by atoms with Crippen LogP contribution in [-0.2, 0) is 31.9 Å². The number of aromatic nitrogens is 2. The molecular weight excluding hydrogens is 928 g/mol. The Bertz CT molecular complexity index is 2880. The molecule has 5 nitrogen and oxygen atoms in total. The van der Waals surface area contributed by atoms with Crippen LogP contribution in [0.4, 0.5) is 11.4 Å². The minimum absolute atomic E-state index is 0. The summed E-state index contributed by atoms with van der Waals surface area (Å²) in [6.45, 7) is 20.2. The van der Waals surface area contributed by atoms with Crippen LogP contribution in [-0.4, -0.2) is 9.55 Å². The molecule has 0 amide bonds. The van der Waals surface area contributed by atoms with Crippen LogP contribution in [0.25, 0.3) is 49.9 Å². The van der Waals surface area contributed by atoms with Crippen LogP contribution in [0.2, 0.25) is 0 Å². The predicted octanol–water partition coefficient (Wildman–Crippen LogP) is 14.5. The summed E-state index contributed by atoms with van der Waals surface area (Å²) >= 11 is 0. The molecule has 0 fully saturated rings. The minimum atomic E-state index is -0.114. The Morgan fingerprint density at radius 3 is 2.08 bits per heavy atom. The summed E-state index contributed by atoms with van der Waals surface area (Å²) in [6, 6.07) is 54.4. The normalized spacial score (nSPS) is 13.1. The van der Waals surface area contributed by atoms with E-state index in [4.69, 9.17) is 9.72 Å². The number of pyridine rings is 1. The van der Waals surface area contributed by atoms with Gasteiger partial charge in [0.2, 0.25) is 0 Å². The first-order chi connectivity index (χ1) is 28.8. The quantitative estimate of drug-likeness (QED) is 0.142. The van der Waals surface area contributed by atoms with Crippen molar-refractivity contribution in [2.45, 2.75) is 72.1 Å². The van der Waals surface area contributed by atoms with Crippen molar-refractivity contribution in [2.75, 3.05) is 9.80 Å². The van der Waals surface area contributed by atoms with Crippen molar-refractivity contribution in [1.82, 2.24) is 9.55 Å². The van der Waals surface area contributed by atoms with E-state index in [1.807, 2.05) is 24.4 Å². The molecule has 61 heavy (non-hydrogen) atoms. The Labute approximate surface area is 375 Å². The molecule has 3 heterocycles. The zero-order valence-electron chi connectivity index (χ0n) is 36.1. The molecule has 8 aromatic rings. The smallest absolute Gasteiger partial charge is 0.136 e. The monoisotopic (exact) mass is 978 g/mol. The van der Waals surface area contributed by atoms with E-state index in [1.165, 1.54) is 33.5 Å². The Hall–Kier alpha value is -5.90. The number of nitrogens with zero attached hydrogens (tertiary/aromatic N) is 4. The number of rotatable bonds is 8. The standard InChI is InChI=1S/C55H51N4O.Pt/c1-37(2)45-19-13-20-46(39-15-10-9-11-16-39)52(45)58-32-31-57(36-58)42-17-12-18-43(34-42)60-44-27-28-47-48-21-14-22-49(55(6,7)8)53(48)59(50(47)35-44)51-33-40(29-30-56-51)38-23-25-41(26-24-38)54(3,4)5;/h9-33,36-37H,1-8H3;/q-3;. The van der Waals surface area contributed by atoms with E-state index in [0.717, 1.165) is 44.4 Å². The zero-order chi connectivity index (χ0) is 41.8. The molecule has 0 atom stereocenters. The van der Waals surface area contributed by atoms with Gasteiger partial charge in [-0.25, -0.2) is 4.98 Å². The van der Waals surface area contributed by atoms with Gasteiger partial charge in [0.05, 0.1) is 0 Å². The first kappa shape index (κ1) is 41.8. The Morgan fingerprint density at radius 1 is 0.623 bits per heavy atom. The van der Waals surface area contributed by atoms with Gasteiger partial charge >= 0.3 is 0 Å². The molecule has 0 aliphatic carbocycles. The maximum atomic E-state index is 6.62. The molecule has 0 saturated heterocycles. The van der Waals surface area contributed by atoms with E-state index in [1.54, 1.807) is 0 Å². The molecule has 1 aliphatic rings. The van der Waals surface area contributed by atoms with Gasteiger partial charge < -0.3 is 19.1 Å². The first-order valence-corrected chi connectivity index (χ1v) is 20.9. The number of benzene rings is 6. The van der Waals surface area contributed by atoms with Crippen molar-refractivity contribution in [3.05, 3.63) is 188 Å². The number of fused-ring (bicyclic) bond motifs is 3. The average molecular weight is 979 g/mol. The molecule has 0 saturated carbocycles. The largest absolute Gasteiger partial charge is 0.509 e. The number of para-hydroxylation sites is 2. The Kier molecular flexibility index (Phi) is 11.3. The number of hydrogen-bond acceptors (Lipinski definition) is 4. The third kappa shape index (κ3) is 8.17. The SMILES string of the molecule is CC(C)c1cccc(-c2ccccc2)c1N1C=CN(c2[c-]c(Oc3[c-]c4c(cc3)c3cccc(C(C)(C)C)c3n4-c3cc(-c4ccc(C(C)(C)C)cc4)ccn3)ccc2)[CH-]1.[Pt]. The van der Waals surface area contributed by atoms with Gasteiger partial charge in [-0.2, -0.15) is 12.1 Å². The van der Waals surface area contributed by atoms with Crippen LogP contribution >= 0.6 is 0 Å². The van der Waals surface area contributed by atoms with Gasteiger partial charge in [0.25, 0.3) is 0 Å². The van der Waals surface area contributed by atoms with Gasteiger partial charge in [0, 0.05) is 55.5 Å². The van der Waals surface area contributed by atoms with Crippen LogP contribution in [0.1, 0.15) is 78.0 Å². The molecule has 0 N–H and O–H groups in total. The second-order valence-corrected chi connectivity index (χ2v) is 18.1. The van der Waals surface area contributed by atoms with Gasteiger partial charge in [0.15, 0.2) is 0 Å². The number of hydrogen-bond donors (Lipinski definition) is 0. The summed E-state index contributed by atoms with van der Waals surface area (Å²) < 4.78 is 8.89. The van der Waals surface area contributed by atoms with Crippen LogP contribution in [0.3, 0.4) is 0 Å². The summed E-state index contributed by atoms with van der Waals surface area (Å²) in [5, 5.41) is 2.25. The van der Waals surface area contributed by atoms with Crippen molar-refractivity contribution in [1.29, 1.82) is 0 Å². The summed E-state index contributed by atoms with van der Waals surface area (Å²) in [4.78, 5) is 9.31. The molecule has 9 rings (SSSR count). The van der Waals surface area contributed by atoms with Crippen molar-refractivity contribution < 1.29 is 25.8 Å². The molecular formula is C55H51N4OPt-3. The van der Waals surface area contributed by atoms with Crippen LogP contribution in [0.15, 0.2) is 152 Å². The van der Waals surface area contributed by atoms with E-state index < -0.39 is 0 Å². The van der Waals surface area contributed by atoms with E-state index >= 15 is 0 Å². The molecule has 0 bridgehead atoms. The average Bonchev–Trinajstić information content (AvgIpc) is 3.87. The van der Waals surface area contributed by atoms with Crippen LogP contribution < -0.4 is 14.5 Å². The van der Waals surface area contributed by atoms with Crippen molar-refractivity contribution in [3.63, 3.8) is 0 Å². The topological polar surface area (TPSA) is 33.5 Å². The molecule has 6 heteroatoms. The Morgan fingerprint density at radius 2 is 1.34 bits per heavy atom. The van der Waals surface area contributed by atoms with Crippen LogP contribution in [0, 0.1) is 18.8 Å². The predicted molar refractivity (Wildman–Crippen MR) is 250 cm³/mol. The van der Waals surface area contributed by atoms with Gasteiger partial charge in [-0.1, -0.05) is 152 Å². The minimum Gasteiger partial charge on any atom is -0.509 e. The maximum absolute atomic E-state index is 6.62. The van der Waals surface area contributed by atoms with Crippen LogP contribution in [0.5, 0.6) is 11.5 Å². The molecule has 0 radical (unpaired) electrons. The molecule has 6 aromatic carbocycles. The second kappa shape index (κ2) is 16.5. The van der Waals surface area contributed by atoms with Gasteiger partial charge in [-0.15, -0.1) is 48.1 Å². The summed E-state index contributed by atoms with van der Waals surface area (Å²) in [5.41, 5.74) is 12.5. The van der Waals surface area contributed by atoms with Gasteiger partial charge in [-0.05, 0) is 80.0 Å². The molecule has 2 aromatic heterocycles. The maximum Gasteiger partial charge on any atom is 0.136 e. The fourth-order valence-electron chi connectivity index (χ4n) is 8.31. The van der Waals surface area contributed by atoms with Crippen molar-refractivity contribution in [2.24, 2.45) is 0 Å². The first-order valence-electron chi connectivity index (χ1n) is 20.9. The molecule has 310 valence electrons. The number of ether oxygens (including phenoxy) is 1. The molecule has 0 spiro atoms. The van der Waals surface area contributed by atoms with Gasteiger partial charge in [-0.3, -0.25) is 0 Å². The van der Waals surface area contributed by atoms with Crippen molar-refractivity contribution in [3.8, 4) is 39.6 Å².